The molecule has 0 spiro atoms. The molecule has 0 aliphatic carbocycles. The average Bonchev–Trinajstić information content (AvgIpc) is 3.07. The molecule has 5 heteroatoms. The molecule has 1 aliphatic rings. The molecule has 0 unspecified atom stereocenters. The minimum absolute atomic E-state index is 0.0295. The van der Waals surface area contributed by atoms with Gasteiger partial charge in [-0.2, -0.15) is 0 Å². The first-order valence-electron chi connectivity index (χ1n) is 9.51. The lowest BCUT2D eigenvalue weighted by Crippen LogP contribution is -2.22. The number of rotatable bonds is 9. The molecule has 2 aromatic rings. The average molecular weight is 366 g/mol. The van der Waals surface area contributed by atoms with Crippen molar-refractivity contribution < 1.29 is 14.7 Å². The van der Waals surface area contributed by atoms with Crippen molar-refractivity contribution in [1.82, 2.24) is 5.32 Å². The molecule has 1 amide bonds. The number of anilines is 1. The molecule has 0 bridgehead atoms. The van der Waals surface area contributed by atoms with E-state index in [-0.39, 0.29) is 12.3 Å². The van der Waals surface area contributed by atoms with Crippen molar-refractivity contribution in [2.75, 3.05) is 11.4 Å². The van der Waals surface area contributed by atoms with E-state index < -0.39 is 5.97 Å². The smallest absolute Gasteiger partial charge is 0.303 e. The highest BCUT2D eigenvalue weighted by molar-refractivity contribution is 5.75. The van der Waals surface area contributed by atoms with Gasteiger partial charge in [0.15, 0.2) is 0 Å². The van der Waals surface area contributed by atoms with E-state index >= 15 is 0 Å². The third-order valence-corrected chi connectivity index (χ3v) is 4.91. The lowest BCUT2D eigenvalue weighted by atomic mass is 10.1. The number of carbonyl (C=O) groups excluding carboxylic acids is 1. The maximum atomic E-state index is 11.8. The number of hydrogen-bond acceptors (Lipinski definition) is 3. The predicted octanol–water partition coefficient (Wildman–Crippen LogP) is 3.51. The lowest BCUT2D eigenvalue weighted by molar-refractivity contribution is -0.137. The van der Waals surface area contributed by atoms with Crippen LogP contribution >= 0.6 is 0 Å². The zero-order valence-electron chi connectivity index (χ0n) is 15.5. The number of carboxylic acid groups (broad SMARTS) is 1. The van der Waals surface area contributed by atoms with E-state index in [4.69, 9.17) is 5.11 Å². The summed E-state index contributed by atoms with van der Waals surface area (Å²) < 4.78 is 0. The third kappa shape index (κ3) is 5.58. The number of benzene rings is 2. The lowest BCUT2D eigenvalue weighted by Gasteiger charge is -2.19. The largest absolute Gasteiger partial charge is 0.481 e. The molecule has 1 heterocycles. The van der Waals surface area contributed by atoms with Gasteiger partial charge in [-0.25, -0.2) is 0 Å². The predicted molar refractivity (Wildman–Crippen MR) is 106 cm³/mol. The van der Waals surface area contributed by atoms with Gasteiger partial charge in [-0.1, -0.05) is 42.5 Å². The number of carbonyl (C=O) groups is 2. The number of nitrogens with zero attached hydrogens (tertiary/aromatic N) is 1. The quantitative estimate of drug-likeness (QED) is 0.667. The van der Waals surface area contributed by atoms with Crippen LogP contribution in [0.2, 0.25) is 0 Å². The maximum absolute atomic E-state index is 11.8. The van der Waals surface area contributed by atoms with E-state index in [9.17, 15) is 9.59 Å². The van der Waals surface area contributed by atoms with Crippen LogP contribution in [0.15, 0.2) is 48.5 Å². The van der Waals surface area contributed by atoms with E-state index in [1.807, 2.05) is 0 Å². The summed E-state index contributed by atoms with van der Waals surface area (Å²) in [7, 11) is 0. The minimum Gasteiger partial charge on any atom is -0.481 e. The van der Waals surface area contributed by atoms with Crippen LogP contribution in [0.3, 0.4) is 0 Å². The molecule has 0 aromatic heterocycles. The zero-order valence-corrected chi connectivity index (χ0v) is 15.5. The molecule has 27 heavy (non-hydrogen) atoms. The van der Waals surface area contributed by atoms with Gasteiger partial charge in [-0.3, -0.25) is 9.59 Å². The van der Waals surface area contributed by atoms with Crippen LogP contribution in [0.5, 0.6) is 0 Å². The Morgan fingerprint density at radius 1 is 0.963 bits per heavy atom. The van der Waals surface area contributed by atoms with Crippen molar-refractivity contribution in [2.45, 2.75) is 45.2 Å². The Balaban J connectivity index is 1.43. The molecule has 142 valence electrons. The van der Waals surface area contributed by atoms with Crippen LogP contribution in [0.1, 0.15) is 42.4 Å². The molecule has 2 N–H and O–H groups in total. The highest BCUT2D eigenvalue weighted by atomic mass is 16.4. The second kappa shape index (κ2) is 9.21. The second-order valence-corrected chi connectivity index (χ2v) is 6.99. The fourth-order valence-corrected chi connectivity index (χ4v) is 3.40. The summed E-state index contributed by atoms with van der Waals surface area (Å²) in [6.45, 7) is 2.46. The number of amides is 1. The number of carboxylic acids is 1. The fourth-order valence-electron chi connectivity index (χ4n) is 3.40. The Morgan fingerprint density at radius 3 is 2.44 bits per heavy atom. The van der Waals surface area contributed by atoms with Crippen molar-refractivity contribution in [1.29, 1.82) is 0 Å². The summed E-state index contributed by atoms with van der Waals surface area (Å²) in [6, 6.07) is 16.9. The second-order valence-electron chi connectivity index (χ2n) is 6.99. The van der Waals surface area contributed by atoms with Crippen LogP contribution in [0.4, 0.5) is 5.69 Å². The van der Waals surface area contributed by atoms with E-state index in [1.54, 1.807) is 0 Å². The fraction of sp³-hybridized carbons (Fsp3) is 0.364. The summed E-state index contributed by atoms with van der Waals surface area (Å²) in [5.41, 5.74) is 5.08. The molecule has 5 nitrogen and oxygen atoms in total. The van der Waals surface area contributed by atoms with E-state index in [1.165, 1.54) is 16.8 Å². The molecular weight excluding hydrogens is 340 g/mol. The molecule has 0 saturated carbocycles. The van der Waals surface area contributed by atoms with E-state index in [0.717, 1.165) is 25.1 Å². The third-order valence-electron chi connectivity index (χ3n) is 4.91. The highest BCUT2D eigenvalue weighted by Gasteiger charge is 2.18. The van der Waals surface area contributed by atoms with Crippen molar-refractivity contribution in [3.8, 4) is 0 Å². The summed E-state index contributed by atoms with van der Waals surface area (Å²) in [6.07, 6.45) is 2.74. The first kappa shape index (κ1) is 19.0. The SMILES string of the molecule is O=C(O)CCCCC(=O)NCc1ccc(CN2CCc3ccccc32)cc1. The monoisotopic (exact) mass is 366 g/mol. The van der Waals surface area contributed by atoms with Crippen molar-refractivity contribution >= 4 is 17.6 Å². The minimum atomic E-state index is -0.812. The van der Waals surface area contributed by atoms with E-state index in [2.05, 4.69) is 58.7 Å². The van der Waals surface area contributed by atoms with Gasteiger partial charge in [0.05, 0.1) is 0 Å². The Hall–Kier alpha value is -2.82. The summed E-state index contributed by atoms with van der Waals surface area (Å²) in [5, 5.41) is 11.5. The first-order chi connectivity index (χ1) is 13.1. The Bertz CT molecular complexity index is 786. The van der Waals surface area contributed by atoms with Gasteiger partial charge >= 0.3 is 5.97 Å². The van der Waals surface area contributed by atoms with Gasteiger partial charge in [-0.15, -0.1) is 0 Å². The summed E-state index contributed by atoms with van der Waals surface area (Å²) in [4.78, 5) is 24.7. The van der Waals surface area contributed by atoms with Crippen molar-refractivity contribution in [2.24, 2.45) is 0 Å². The Morgan fingerprint density at radius 2 is 1.67 bits per heavy atom. The van der Waals surface area contributed by atoms with Crippen molar-refractivity contribution in [3.63, 3.8) is 0 Å². The molecule has 0 atom stereocenters. The zero-order chi connectivity index (χ0) is 19.1. The standard InChI is InChI=1S/C22H26N2O3/c25-21(7-3-4-8-22(26)27)23-15-17-9-11-18(12-10-17)16-24-14-13-19-5-1-2-6-20(19)24/h1-2,5-6,9-12H,3-4,7-8,13-16H2,(H,23,25)(H,26,27). The maximum Gasteiger partial charge on any atom is 0.303 e. The van der Waals surface area contributed by atoms with Crippen molar-refractivity contribution in [3.05, 3.63) is 65.2 Å². The van der Waals surface area contributed by atoms with Gasteiger partial charge < -0.3 is 15.3 Å². The number of nitrogens with one attached hydrogen (secondary N) is 1. The Labute approximate surface area is 160 Å². The van der Waals surface area contributed by atoms with Crippen LogP contribution in [-0.2, 0) is 29.1 Å². The number of unbranched alkanes of at least 4 members (excludes halogenated alkanes) is 1. The van der Waals surface area contributed by atoms with Crippen LogP contribution < -0.4 is 10.2 Å². The first-order valence-corrected chi connectivity index (χ1v) is 9.51. The van der Waals surface area contributed by atoms with Crippen LogP contribution in [-0.4, -0.2) is 23.5 Å². The summed E-state index contributed by atoms with van der Waals surface area (Å²) in [5.74, 6) is -0.842. The topological polar surface area (TPSA) is 69.6 Å². The highest BCUT2D eigenvalue weighted by Crippen LogP contribution is 2.28. The molecule has 0 fully saturated rings. The molecule has 2 aromatic carbocycles. The normalized spacial score (nSPS) is 12.7. The van der Waals surface area contributed by atoms with Gasteiger partial charge in [0.1, 0.15) is 0 Å². The van der Waals surface area contributed by atoms with Crippen LogP contribution in [0, 0.1) is 0 Å². The van der Waals surface area contributed by atoms with Gasteiger partial charge in [0, 0.05) is 38.2 Å². The van der Waals surface area contributed by atoms with Gasteiger partial charge in [0.2, 0.25) is 5.91 Å². The number of hydrogen-bond donors (Lipinski definition) is 2. The molecule has 3 rings (SSSR count). The molecule has 0 radical (unpaired) electrons. The van der Waals surface area contributed by atoms with E-state index in [0.29, 0.717) is 25.8 Å². The molecular formula is C22H26N2O3. The number of aliphatic carboxylic acids is 1. The number of para-hydroxylation sites is 1. The van der Waals surface area contributed by atoms with Gasteiger partial charge in [0.25, 0.3) is 0 Å². The summed E-state index contributed by atoms with van der Waals surface area (Å²) >= 11 is 0. The van der Waals surface area contributed by atoms with Gasteiger partial charge in [-0.05, 0) is 42.0 Å². The Kier molecular flexibility index (Phi) is 6.47. The molecule has 0 saturated heterocycles. The number of fused-ring (bicyclic) bond motifs is 1. The van der Waals surface area contributed by atoms with Crippen LogP contribution in [0.25, 0.3) is 0 Å². The molecule has 1 aliphatic heterocycles.